The zero-order valence-corrected chi connectivity index (χ0v) is 8.86. The third kappa shape index (κ3) is 3.86. The number of carboxylic acid groups (broad SMARTS) is 1. The molecule has 0 unspecified atom stereocenters. The molecule has 1 aromatic rings. The number of amides is 1. The number of benzene rings is 1. The maximum absolute atomic E-state index is 12.0. The number of alkyl halides is 3. The first-order valence-electron chi connectivity index (χ1n) is 4.69. The van der Waals surface area contributed by atoms with Gasteiger partial charge in [0, 0.05) is 12.6 Å². The molecule has 0 bridgehead atoms. The van der Waals surface area contributed by atoms with Crippen LogP contribution in [0.15, 0.2) is 24.3 Å². The summed E-state index contributed by atoms with van der Waals surface area (Å²) in [6.07, 6.45) is -6.03. The van der Waals surface area contributed by atoms with Crippen LogP contribution in [0, 0.1) is 0 Å². The van der Waals surface area contributed by atoms with E-state index in [0.29, 0.717) is 0 Å². The average Bonchev–Trinajstić information content (AvgIpc) is 2.15. The minimum absolute atomic E-state index is 0.127. The van der Waals surface area contributed by atoms with Crippen LogP contribution in [0.1, 0.15) is 6.92 Å². The van der Waals surface area contributed by atoms with Crippen LogP contribution < -0.4 is 9.64 Å². The summed E-state index contributed by atoms with van der Waals surface area (Å²) < 4.78 is 39.6. The van der Waals surface area contributed by atoms with E-state index in [1.807, 2.05) is 0 Å². The summed E-state index contributed by atoms with van der Waals surface area (Å²) in [5.41, 5.74) is 0.127. The van der Waals surface area contributed by atoms with Crippen molar-refractivity contribution in [1.82, 2.24) is 0 Å². The summed E-state index contributed by atoms with van der Waals surface area (Å²) in [4.78, 5) is 11.7. The van der Waals surface area contributed by atoms with Gasteiger partial charge >= 0.3 is 12.5 Å². The van der Waals surface area contributed by atoms with Gasteiger partial charge in [-0.15, -0.1) is 13.2 Å². The molecule has 4 nitrogen and oxygen atoms in total. The Morgan fingerprint density at radius 3 is 2.59 bits per heavy atom. The molecule has 0 saturated carbocycles. The first-order valence-corrected chi connectivity index (χ1v) is 4.69. The van der Waals surface area contributed by atoms with Gasteiger partial charge in [-0.1, -0.05) is 6.07 Å². The van der Waals surface area contributed by atoms with Gasteiger partial charge in [0.1, 0.15) is 5.75 Å². The van der Waals surface area contributed by atoms with Crippen molar-refractivity contribution in [3.05, 3.63) is 24.3 Å². The normalized spacial score (nSPS) is 11.1. The van der Waals surface area contributed by atoms with E-state index in [1.165, 1.54) is 12.1 Å². The second kappa shape index (κ2) is 4.94. The molecular weight excluding hydrogens is 239 g/mol. The number of rotatable bonds is 3. The molecular formula is C10H10F3NO3. The summed E-state index contributed by atoms with van der Waals surface area (Å²) in [7, 11) is 0. The van der Waals surface area contributed by atoms with Crippen LogP contribution in [0.25, 0.3) is 0 Å². The van der Waals surface area contributed by atoms with Crippen LogP contribution in [-0.4, -0.2) is 24.1 Å². The summed E-state index contributed by atoms with van der Waals surface area (Å²) in [5.74, 6) is -0.449. The van der Waals surface area contributed by atoms with Crippen molar-refractivity contribution in [2.24, 2.45) is 0 Å². The van der Waals surface area contributed by atoms with E-state index in [1.54, 1.807) is 6.92 Å². The van der Waals surface area contributed by atoms with Gasteiger partial charge in [0.2, 0.25) is 0 Å². The topological polar surface area (TPSA) is 49.8 Å². The molecule has 0 radical (unpaired) electrons. The number of carbonyl (C=O) groups is 1. The summed E-state index contributed by atoms with van der Waals surface area (Å²) in [6.45, 7) is 1.70. The second-order valence-electron chi connectivity index (χ2n) is 3.07. The molecule has 1 amide bonds. The molecule has 0 aliphatic heterocycles. The predicted molar refractivity (Wildman–Crippen MR) is 54.2 cm³/mol. The van der Waals surface area contributed by atoms with Crippen molar-refractivity contribution in [3.63, 3.8) is 0 Å². The molecule has 1 rings (SSSR count). The SMILES string of the molecule is CCN(C(=O)O)c1cccc(OC(F)(F)F)c1. The maximum atomic E-state index is 12.0. The molecule has 0 atom stereocenters. The molecule has 0 saturated heterocycles. The maximum Gasteiger partial charge on any atom is 0.573 e. The standard InChI is InChI=1S/C10H10F3NO3/c1-2-14(9(15)16)7-4-3-5-8(6-7)17-10(11,12)13/h3-6H,2H2,1H3,(H,15,16). The number of halogens is 3. The van der Waals surface area contributed by atoms with E-state index in [-0.39, 0.29) is 12.2 Å². The highest BCUT2D eigenvalue weighted by atomic mass is 19.4. The van der Waals surface area contributed by atoms with Crippen molar-refractivity contribution in [2.45, 2.75) is 13.3 Å². The van der Waals surface area contributed by atoms with Crippen molar-refractivity contribution < 1.29 is 27.8 Å². The minimum atomic E-state index is -4.79. The van der Waals surface area contributed by atoms with Gasteiger partial charge in [0.25, 0.3) is 0 Å². The van der Waals surface area contributed by atoms with Crippen LogP contribution in [0.2, 0.25) is 0 Å². The molecule has 94 valence electrons. The molecule has 0 aliphatic carbocycles. The number of hydrogen-bond donors (Lipinski definition) is 1. The highest BCUT2D eigenvalue weighted by molar-refractivity contribution is 5.86. The van der Waals surface area contributed by atoms with Crippen LogP contribution in [0.5, 0.6) is 5.75 Å². The van der Waals surface area contributed by atoms with E-state index in [9.17, 15) is 18.0 Å². The molecule has 0 fully saturated rings. The van der Waals surface area contributed by atoms with Gasteiger partial charge in [-0.2, -0.15) is 0 Å². The van der Waals surface area contributed by atoms with Gasteiger partial charge in [0.05, 0.1) is 5.69 Å². The van der Waals surface area contributed by atoms with Gasteiger partial charge in [-0.05, 0) is 19.1 Å². The van der Waals surface area contributed by atoms with E-state index in [0.717, 1.165) is 17.0 Å². The smallest absolute Gasteiger partial charge is 0.465 e. The number of hydrogen-bond acceptors (Lipinski definition) is 2. The molecule has 0 spiro atoms. The highest BCUT2D eigenvalue weighted by Crippen LogP contribution is 2.26. The van der Waals surface area contributed by atoms with E-state index >= 15 is 0 Å². The first kappa shape index (κ1) is 13.1. The van der Waals surface area contributed by atoms with Gasteiger partial charge in [-0.3, -0.25) is 4.90 Å². The fourth-order valence-corrected chi connectivity index (χ4v) is 1.28. The molecule has 7 heteroatoms. The largest absolute Gasteiger partial charge is 0.573 e. The monoisotopic (exact) mass is 249 g/mol. The van der Waals surface area contributed by atoms with Gasteiger partial charge in [-0.25, -0.2) is 4.79 Å². The van der Waals surface area contributed by atoms with Crippen LogP contribution >= 0.6 is 0 Å². The Morgan fingerprint density at radius 1 is 1.47 bits per heavy atom. The molecule has 0 aromatic heterocycles. The van der Waals surface area contributed by atoms with E-state index in [2.05, 4.69) is 4.74 Å². The Labute approximate surface area is 95.2 Å². The lowest BCUT2D eigenvalue weighted by Crippen LogP contribution is -2.28. The van der Waals surface area contributed by atoms with Crippen molar-refractivity contribution in [1.29, 1.82) is 0 Å². The molecule has 1 N–H and O–H groups in total. The summed E-state index contributed by atoms with van der Waals surface area (Å²) in [6, 6.07) is 4.81. The Hall–Kier alpha value is -1.92. The van der Waals surface area contributed by atoms with E-state index < -0.39 is 18.2 Å². The Kier molecular flexibility index (Phi) is 3.82. The van der Waals surface area contributed by atoms with Crippen LogP contribution in [-0.2, 0) is 0 Å². The number of ether oxygens (including phenoxy) is 1. The van der Waals surface area contributed by atoms with Gasteiger partial charge in [0.15, 0.2) is 0 Å². The average molecular weight is 249 g/mol. The van der Waals surface area contributed by atoms with Crippen molar-refractivity contribution in [3.8, 4) is 5.75 Å². The van der Waals surface area contributed by atoms with Crippen molar-refractivity contribution >= 4 is 11.8 Å². The Balaban J connectivity index is 2.96. The quantitative estimate of drug-likeness (QED) is 0.895. The predicted octanol–water partition coefficient (Wildman–Crippen LogP) is 3.09. The van der Waals surface area contributed by atoms with Gasteiger partial charge < -0.3 is 9.84 Å². The zero-order chi connectivity index (χ0) is 13.1. The number of anilines is 1. The second-order valence-corrected chi connectivity index (χ2v) is 3.07. The molecule has 0 heterocycles. The summed E-state index contributed by atoms with van der Waals surface area (Å²) >= 11 is 0. The third-order valence-corrected chi connectivity index (χ3v) is 1.91. The Morgan fingerprint density at radius 2 is 2.12 bits per heavy atom. The van der Waals surface area contributed by atoms with Crippen LogP contribution in [0.3, 0.4) is 0 Å². The minimum Gasteiger partial charge on any atom is -0.465 e. The highest BCUT2D eigenvalue weighted by Gasteiger charge is 2.31. The molecule has 0 aliphatic rings. The fraction of sp³-hybridized carbons (Fsp3) is 0.300. The molecule has 17 heavy (non-hydrogen) atoms. The van der Waals surface area contributed by atoms with E-state index in [4.69, 9.17) is 5.11 Å². The number of nitrogens with zero attached hydrogens (tertiary/aromatic N) is 1. The first-order chi connectivity index (χ1) is 7.83. The fourth-order valence-electron chi connectivity index (χ4n) is 1.28. The lowest BCUT2D eigenvalue weighted by atomic mass is 10.3. The molecule has 1 aromatic carbocycles. The lowest BCUT2D eigenvalue weighted by molar-refractivity contribution is -0.274. The summed E-state index contributed by atoms with van der Waals surface area (Å²) in [5, 5.41) is 8.81. The lowest BCUT2D eigenvalue weighted by Gasteiger charge is -2.18. The zero-order valence-electron chi connectivity index (χ0n) is 8.86. The van der Waals surface area contributed by atoms with Crippen molar-refractivity contribution in [2.75, 3.05) is 11.4 Å². The third-order valence-electron chi connectivity index (χ3n) is 1.91. The Bertz CT molecular complexity index is 406. The van der Waals surface area contributed by atoms with Crippen LogP contribution in [0.4, 0.5) is 23.7 Å².